The van der Waals surface area contributed by atoms with E-state index in [2.05, 4.69) is 0 Å². The Hall–Kier alpha value is -0.630. The van der Waals surface area contributed by atoms with E-state index >= 15 is 0 Å². The van der Waals surface area contributed by atoms with E-state index in [1.54, 1.807) is 0 Å². The fourth-order valence-corrected chi connectivity index (χ4v) is 1.27. The average Bonchev–Trinajstić information content (AvgIpc) is 1.95. The maximum atomic E-state index is 13.5. The molecular formula is C8H9F9. The Morgan fingerprint density at radius 1 is 0.529 bits per heavy atom. The van der Waals surface area contributed by atoms with Gasteiger partial charge >= 0.3 is 18.3 Å². The van der Waals surface area contributed by atoms with E-state index in [1.807, 2.05) is 0 Å². The minimum Gasteiger partial charge on any atom is -0.226 e. The molecule has 0 aliphatic heterocycles. The van der Waals surface area contributed by atoms with E-state index in [0.29, 0.717) is 20.8 Å². The topological polar surface area (TPSA) is 0 Å². The summed E-state index contributed by atoms with van der Waals surface area (Å²) in [5, 5.41) is 0. The first-order valence-corrected chi connectivity index (χ1v) is 4.20. The zero-order valence-corrected chi connectivity index (χ0v) is 8.90. The van der Waals surface area contributed by atoms with Gasteiger partial charge in [-0.3, -0.25) is 0 Å². The minimum absolute atomic E-state index is 0.320. The Bertz CT molecular complexity index is 263. The molecule has 9 heteroatoms. The zero-order valence-electron chi connectivity index (χ0n) is 8.90. The van der Waals surface area contributed by atoms with Crippen LogP contribution in [0.3, 0.4) is 0 Å². The molecule has 0 spiro atoms. The van der Waals surface area contributed by atoms with E-state index < -0.39 is 29.4 Å². The molecule has 104 valence electrons. The van der Waals surface area contributed by atoms with Crippen LogP contribution in [0, 0.1) is 5.41 Å². The van der Waals surface area contributed by atoms with Crippen LogP contribution in [0.2, 0.25) is 0 Å². The molecule has 17 heavy (non-hydrogen) atoms. The van der Waals surface area contributed by atoms with Crippen molar-refractivity contribution < 1.29 is 39.5 Å². The summed E-state index contributed by atoms with van der Waals surface area (Å²) in [4.78, 5) is 0. The first-order valence-electron chi connectivity index (χ1n) is 4.20. The molecule has 0 aromatic carbocycles. The van der Waals surface area contributed by atoms with Crippen molar-refractivity contribution in [3.63, 3.8) is 0 Å². The van der Waals surface area contributed by atoms with Gasteiger partial charge in [0.2, 0.25) is 0 Å². The average molecular weight is 276 g/mol. The summed E-state index contributed by atoms with van der Waals surface area (Å²) in [6.45, 7) is 0.959. The lowest BCUT2D eigenvalue weighted by atomic mass is 9.73. The molecule has 0 aromatic heterocycles. The molecule has 0 bridgehead atoms. The molecule has 0 aromatic rings. The highest BCUT2D eigenvalue weighted by molar-refractivity contribution is 5.10. The van der Waals surface area contributed by atoms with E-state index in [0.717, 1.165) is 0 Å². The van der Waals surface area contributed by atoms with Crippen LogP contribution >= 0.6 is 0 Å². The van der Waals surface area contributed by atoms with Crippen LogP contribution in [-0.2, 0) is 0 Å². The Balaban J connectivity index is 6.04. The quantitative estimate of drug-likeness (QED) is 0.618. The van der Waals surface area contributed by atoms with Crippen LogP contribution < -0.4 is 0 Å². The van der Waals surface area contributed by atoms with Gasteiger partial charge in [0, 0.05) is 5.41 Å². The van der Waals surface area contributed by atoms with Crippen LogP contribution in [0.1, 0.15) is 20.8 Å². The molecular weight excluding hydrogens is 267 g/mol. The van der Waals surface area contributed by atoms with Gasteiger partial charge in [0.15, 0.2) is 0 Å². The van der Waals surface area contributed by atoms with Gasteiger partial charge in [-0.1, -0.05) is 20.8 Å². The van der Waals surface area contributed by atoms with E-state index in [4.69, 9.17) is 0 Å². The van der Waals surface area contributed by atoms with Crippen molar-refractivity contribution in [2.75, 3.05) is 0 Å². The van der Waals surface area contributed by atoms with E-state index in [9.17, 15) is 39.5 Å². The predicted molar refractivity (Wildman–Crippen MR) is 40.4 cm³/mol. The molecule has 0 aliphatic carbocycles. The molecule has 0 aliphatic rings. The zero-order chi connectivity index (χ0) is 14.5. The monoisotopic (exact) mass is 276 g/mol. The van der Waals surface area contributed by atoms with Gasteiger partial charge in [0.25, 0.3) is 5.67 Å². The number of hydrogen-bond acceptors (Lipinski definition) is 0. The molecule has 0 fully saturated rings. The highest BCUT2D eigenvalue weighted by Gasteiger charge is 2.84. The molecule has 0 saturated heterocycles. The van der Waals surface area contributed by atoms with Crippen molar-refractivity contribution >= 4 is 0 Å². The van der Waals surface area contributed by atoms with Crippen molar-refractivity contribution in [3.05, 3.63) is 0 Å². The van der Waals surface area contributed by atoms with Crippen LogP contribution in [0.4, 0.5) is 39.5 Å². The minimum atomic E-state index is -6.63. The summed E-state index contributed by atoms with van der Waals surface area (Å²) in [5.74, 6) is -6.53. The first-order chi connectivity index (χ1) is 7.00. The summed E-state index contributed by atoms with van der Waals surface area (Å²) in [5.41, 5.74) is -8.68. The fraction of sp³-hybridized carbons (Fsp3) is 1.00. The van der Waals surface area contributed by atoms with Gasteiger partial charge in [-0.15, -0.1) is 0 Å². The summed E-state index contributed by atoms with van der Waals surface area (Å²) < 4.78 is 111. The molecule has 0 heterocycles. The van der Waals surface area contributed by atoms with Crippen LogP contribution in [0.25, 0.3) is 0 Å². The normalized spacial score (nSPS) is 19.1. The maximum absolute atomic E-state index is 13.5. The second-order valence-corrected chi connectivity index (χ2v) is 4.48. The second-order valence-electron chi connectivity index (χ2n) is 4.48. The van der Waals surface area contributed by atoms with Gasteiger partial charge in [0.1, 0.15) is 0 Å². The second kappa shape index (κ2) is 3.68. The first kappa shape index (κ1) is 16.4. The third kappa shape index (κ3) is 2.20. The van der Waals surface area contributed by atoms with E-state index in [1.165, 1.54) is 0 Å². The summed E-state index contributed by atoms with van der Waals surface area (Å²) in [6, 6.07) is 0. The Morgan fingerprint density at radius 3 is 0.882 bits per heavy atom. The largest absolute Gasteiger partial charge is 0.457 e. The molecule has 0 rings (SSSR count). The molecule has 1 unspecified atom stereocenters. The summed E-state index contributed by atoms with van der Waals surface area (Å²) >= 11 is 0. The third-order valence-corrected chi connectivity index (χ3v) is 2.21. The third-order valence-electron chi connectivity index (χ3n) is 2.21. The Kier molecular flexibility index (Phi) is 3.54. The van der Waals surface area contributed by atoms with Gasteiger partial charge in [-0.05, 0) is 0 Å². The van der Waals surface area contributed by atoms with Crippen molar-refractivity contribution in [2.45, 2.75) is 44.7 Å². The van der Waals surface area contributed by atoms with Gasteiger partial charge in [0.05, 0.1) is 0 Å². The molecule has 1 atom stereocenters. The van der Waals surface area contributed by atoms with Crippen LogP contribution in [0.15, 0.2) is 0 Å². The van der Waals surface area contributed by atoms with Crippen LogP contribution in [-0.4, -0.2) is 23.9 Å². The smallest absolute Gasteiger partial charge is 0.226 e. The Labute approximate surface area is 90.8 Å². The van der Waals surface area contributed by atoms with Crippen molar-refractivity contribution in [1.82, 2.24) is 0 Å². The maximum Gasteiger partial charge on any atom is 0.457 e. The summed E-state index contributed by atoms with van der Waals surface area (Å²) in [7, 11) is 0. The van der Waals surface area contributed by atoms with E-state index in [-0.39, 0.29) is 0 Å². The van der Waals surface area contributed by atoms with Gasteiger partial charge in [-0.2, -0.15) is 35.1 Å². The number of alkyl halides is 9. The number of hydrogen-bond donors (Lipinski definition) is 0. The SMILES string of the molecule is CC(C)(C)C(F)(C(F)(F)F)C(F)(F)C(F)(F)F. The molecule has 0 N–H and O–H groups in total. The molecule has 0 nitrogen and oxygen atoms in total. The lowest BCUT2D eigenvalue weighted by Crippen LogP contribution is -2.67. The molecule has 0 saturated carbocycles. The lowest BCUT2D eigenvalue weighted by Gasteiger charge is -2.43. The predicted octanol–water partition coefficient (Wildman–Crippen LogP) is 4.50. The summed E-state index contributed by atoms with van der Waals surface area (Å²) in [6.07, 6.45) is -13.0. The van der Waals surface area contributed by atoms with Crippen molar-refractivity contribution in [1.29, 1.82) is 0 Å². The highest BCUT2D eigenvalue weighted by atomic mass is 19.4. The molecule has 0 amide bonds. The van der Waals surface area contributed by atoms with Crippen molar-refractivity contribution in [3.8, 4) is 0 Å². The van der Waals surface area contributed by atoms with Crippen LogP contribution in [0.5, 0.6) is 0 Å². The molecule has 0 radical (unpaired) electrons. The highest BCUT2D eigenvalue weighted by Crippen LogP contribution is 2.59. The lowest BCUT2D eigenvalue weighted by molar-refractivity contribution is -0.404. The van der Waals surface area contributed by atoms with Gasteiger partial charge in [-0.25, -0.2) is 4.39 Å². The van der Waals surface area contributed by atoms with Gasteiger partial charge < -0.3 is 0 Å². The standard InChI is InChI=1S/C8H9F9/c1-4(2,3)5(9,7(12,13)14)6(10,11)8(15,16)17/h1-3H3. The number of halogens is 9. The fourth-order valence-electron chi connectivity index (χ4n) is 1.27. The Morgan fingerprint density at radius 2 is 0.824 bits per heavy atom. The number of rotatable bonds is 1. The van der Waals surface area contributed by atoms with Crippen molar-refractivity contribution in [2.24, 2.45) is 5.41 Å².